The minimum Gasteiger partial charge on any atom is -0.444 e. The highest BCUT2D eigenvalue weighted by atomic mass is 16.6. The van der Waals surface area contributed by atoms with E-state index in [-0.39, 0.29) is 37.1 Å². The minimum atomic E-state index is -0.661. The van der Waals surface area contributed by atoms with Crippen LogP contribution in [0.25, 0.3) is 0 Å². The van der Waals surface area contributed by atoms with Gasteiger partial charge < -0.3 is 10.1 Å². The van der Waals surface area contributed by atoms with Crippen molar-refractivity contribution in [2.45, 2.75) is 78.5 Å². The standard InChI is InChI=1S/C24H33N3O5/c1-23(2,3)32-22(31)26-14-6-13-24(4,5)20(26)21(30)25-17-9-7-16(8-10-17)15-27-18(28)11-12-19(27)29/h7-10,20H,6,11-15H2,1-5H3,(H,25,30)/t20-/m1/s1. The number of hydrogen-bond acceptors (Lipinski definition) is 5. The van der Waals surface area contributed by atoms with Crippen LogP contribution < -0.4 is 5.32 Å². The summed E-state index contributed by atoms with van der Waals surface area (Å²) in [5.41, 5.74) is 0.340. The van der Waals surface area contributed by atoms with E-state index in [2.05, 4.69) is 5.32 Å². The van der Waals surface area contributed by atoms with Gasteiger partial charge in [0.05, 0.1) is 6.54 Å². The highest BCUT2D eigenvalue weighted by Crippen LogP contribution is 2.36. The first-order valence-electron chi connectivity index (χ1n) is 11.1. The van der Waals surface area contributed by atoms with Crippen molar-refractivity contribution in [3.8, 4) is 0 Å². The number of ether oxygens (including phenoxy) is 1. The number of imide groups is 1. The molecule has 0 spiro atoms. The number of carbonyl (C=O) groups is 4. The Morgan fingerprint density at radius 2 is 1.69 bits per heavy atom. The molecule has 1 aromatic rings. The zero-order valence-electron chi connectivity index (χ0n) is 19.6. The molecule has 0 saturated carbocycles. The fraction of sp³-hybridized carbons (Fsp3) is 0.583. The summed E-state index contributed by atoms with van der Waals surface area (Å²) in [6, 6.07) is 6.39. The third-order valence-electron chi connectivity index (χ3n) is 5.87. The van der Waals surface area contributed by atoms with Crippen LogP contribution in [0.5, 0.6) is 0 Å². The molecule has 2 aliphatic rings. The van der Waals surface area contributed by atoms with Gasteiger partial charge in [-0.1, -0.05) is 26.0 Å². The van der Waals surface area contributed by atoms with Crippen LogP contribution in [0.3, 0.4) is 0 Å². The van der Waals surface area contributed by atoms with Gasteiger partial charge in [-0.05, 0) is 56.7 Å². The van der Waals surface area contributed by atoms with Crippen LogP contribution >= 0.6 is 0 Å². The van der Waals surface area contributed by atoms with Gasteiger partial charge in [-0.3, -0.25) is 24.2 Å². The van der Waals surface area contributed by atoms with E-state index >= 15 is 0 Å². The lowest BCUT2D eigenvalue weighted by Crippen LogP contribution is -2.58. The molecule has 174 valence electrons. The average Bonchev–Trinajstić information content (AvgIpc) is 2.99. The Labute approximate surface area is 189 Å². The highest BCUT2D eigenvalue weighted by Gasteiger charge is 2.45. The first-order valence-corrected chi connectivity index (χ1v) is 11.1. The quantitative estimate of drug-likeness (QED) is 0.716. The van der Waals surface area contributed by atoms with E-state index < -0.39 is 23.2 Å². The first kappa shape index (κ1) is 23.8. The van der Waals surface area contributed by atoms with Crippen molar-refractivity contribution in [3.05, 3.63) is 29.8 Å². The maximum absolute atomic E-state index is 13.3. The summed E-state index contributed by atoms with van der Waals surface area (Å²) >= 11 is 0. The summed E-state index contributed by atoms with van der Waals surface area (Å²) in [7, 11) is 0. The molecular formula is C24H33N3O5. The molecule has 32 heavy (non-hydrogen) atoms. The smallest absolute Gasteiger partial charge is 0.410 e. The lowest BCUT2D eigenvalue weighted by molar-refractivity contribution is -0.139. The van der Waals surface area contributed by atoms with Crippen LogP contribution in [-0.4, -0.2) is 51.8 Å². The van der Waals surface area contributed by atoms with Gasteiger partial charge in [-0.2, -0.15) is 0 Å². The number of benzene rings is 1. The molecule has 3 rings (SSSR count). The van der Waals surface area contributed by atoms with Crippen LogP contribution in [0.15, 0.2) is 24.3 Å². The number of hydrogen-bond donors (Lipinski definition) is 1. The molecule has 0 aliphatic carbocycles. The van der Waals surface area contributed by atoms with Crippen LogP contribution in [0, 0.1) is 5.41 Å². The van der Waals surface area contributed by atoms with Crippen molar-refractivity contribution in [1.82, 2.24) is 9.80 Å². The second-order valence-electron chi connectivity index (χ2n) is 10.2. The van der Waals surface area contributed by atoms with Gasteiger partial charge in [0, 0.05) is 25.1 Å². The van der Waals surface area contributed by atoms with E-state index in [0.717, 1.165) is 18.4 Å². The number of amides is 4. The van der Waals surface area contributed by atoms with E-state index in [9.17, 15) is 19.2 Å². The molecule has 2 saturated heterocycles. The van der Waals surface area contributed by atoms with Crippen LogP contribution in [-0.2, 0) is 25.7 Å². The van der Waals surface area contributed by atoms with Gasteiger partial charge in [0.15, 0.2) is 0 Å². The summed E-state index contributed by atoms with van der Waals surface area (Å²) < 4.78 is 5.54. The normalized spacial score (nSPS) is 21.0. The van der Waals surface area contributed by atoms with Crippen molar-refractivity contribution in [1.29, 1.82) is 0 Å². The second-order valence-corrected chi connectivity index (χ2v) is 10.2. The van der Waals surface area contributed by atoms with E-state index in [4.69, 9.17) is 4.74 Å². The van der Waals surface area contributed by atoms with Gasteiger partial charge >= 0.3 is 6.09 Å². The van der Waals surface area contributed by atoms with Crippen LogP contribution in [0.4, 0.5) is 10.5 Å². The van der Waals surface area contributed by atoms with Gasteiger partial charge in [0.1, 0.15) is 11.6 Å². The summed E-state index contributed by atoms with van der Waals surface area (Å²) in [4.78, 5) is 52.5. The molecule has 2 fully saturated rings. The summed E-state index contributed by atoms with van der Waals surface area (Å²) in [5.74, 6) is -0.582. The van der Waals surface area contributed by atoms with E-state index in [1.54, 1.807) is 45.0 Å². The highest BCUT2D eigenvalue weighted by molar-refractivity contribution is 6.02. The molecule has 0 unspecified atom stereocenters. The number of rotatable bonds is 4. The largest absolute Gasteiger partial charge is 0.444 e. The molecule has 1 N–H and O–H groups in total. The first-order chi connectivity index (χ1) is 14.9. The van der Waals surface area contributed by atoms with E-state index in [1.807, 2.05) is 13.8 Å². The zero-order valence-corrected chi connectivity index (χ0v) is 19.6. The lowest BCUT2D eigenvalue weighted by atomic mass is 9.76. The van der Waals surface area contributed by atoms with Gasteiger partial charge in [0.25, 0.3) is 0 Å². The van der Waals surface area contributed by atoms with E-state index in [1.165, 1.54) is 9.80 Å². The van der Waals surface area contributed by atoms with Crippen LogP contribution in [0.2, 0.25) is 0 Å². The molecule has 2 heterocycles. The van der Waals surface area contributed by atoms with Gasteiger partial charge in [-0.25, -0.2) is 4.79 Å². The fourth-order valence-electron chi connectivity index (χ4n) is 4.29. The topological polar surface area (TPSA) is 96.0 Å². The molecule has 8 heteroatoms. The number of anilines is 1. The average molecular weight is 444 g/mol. The zero-order chi connectivity index (χ0) is 23.7. The molecular weight excluding hydrogens is 410 g/mol. The Morgan fingerprint density at radius 3 is 2.25 bits per heavy atom. The maximum Gasteiger partial charge on any atom is 0.410 e. The Balaban J connectivity index is 1.71. The molecule has 0 aromatic heterocycles. The van der Waals surface area contributed by atoms with Gasteiger partial charge in [0.2, 0.25) is 17.7 Å². The number of nitrogens with one attached hydrogen (secondary N) is 1. The maximum atomic E-state index is 13.3. The lowest BCUT2D eigenvalue weighted by Gasteiger charge is -2.45. The van der Waals surface area contributed by atoms with Crippen molar-refractivity contribution < 1.29 is 23.9 Å². The molecule has 1 aromatic carbocycles. The molecule has 0 bridgehead atoms. The van der Waals surface area contributed by atoms with Crippen molar-refractivity contribution >= 4 is 29.5 Å². The van der Waals surface area contributed by atoms with E-state index in [0.29, 0.717) is 12.2 Å². The fourth-order valence-corrected chi connectivity index (χ4v) is 4.29. The minimum absolute atomic E-state index is 0.158. The molecule has 8 nitrogen and oxygen atoms in total. The Morgan fingerprint density at radius 1 is 1.09 bits per heavy atom. The molecule has 4 amide bonds. The SMILES string of the molecule is CC(C)(C)OC(=O)N1CCCC(C)(C)[C@H]1C(=O)Nc1ccc(CN2C(=O)CCC2=O)cc1. The van der Waals surface area contributed by atoms with Gasteiger partial charge in [-0.15, -0.1) is 0 Å². The van der Waals surface area contributed by atoms with Crippen LogP contribution in [0.1, 0.15) is 65.9 Å². The van der Waals surface area contributed by atoms with Crippen molar-refractivity contribution in [2.75, 3.05) is 11.9 Å². The predicted octanol–water partition coefficient (Wildman–Crippen LogP) is 3.70. The Bertz CT molecular complexity index is 885. The number of likely N-dealkylation sites (tertiary alicyclic amines) is 2. The van der Waals surface area contributed by atoms with Crippen molar-refractivity contribution in [3.63, 3.8) is 0 Å². The Kier molecular flexibility index (Phi) is 6.62. The predicted molar refractivity (Wildman–Crippen MR) is 120 cm³/mol. The summed E-state index contributed by atoms with van der Waals surface area (Å²) in [6.07, 6.45) is 1.66. The third kappa shape index (κ3) is 5.47. The molecule has 1 atom stereocenters. The summed E-state index contributed by atoms with van der Waals surface area (Å²) in [6.45, 7) is 10.1. The summed E-state index contributed by atoms with van der Waals surface area (Å²) in [5, 5.41) is 2.92. The number of nitrogens with zero attached hydrogens (tertiary/aromatic N) is 2. The second kappa shape index (κ2) is 8.92. The molecule has 0 radical (unpaired) electrons. The number of carbonyl (C=O) groups excluding carboxylic acids is 4. The monoisotopic (exact) mass is 443 g/mol. The third-order valence-corrected chi connectivity index (χ3v) is 5.87. The van der Waals surface area contributed by atoms with Crippen molar-refractivity contribution in [2.24, 2.45) is 5.41 Å². The number of piperidine rings is 1. The molecule has 2 aliphatic heterocycles. The Hall–Kier alpha value is -2.90.